The van der Waals surface area contributed by atoms with Gasteiger partial charge in [0.15, 0.2) is 0 Å². The maximum absolute atomic E-state index is 11.4. The molecule has 3 aromatic carbocycles. The molecule has 0 saturated carbocycles. The van der Waals surface area contributed by atoms with Gasteiger partial charge in [0, 0.05) is 33.2 Å². The van der Waals surface area contributed by atoms with Crippen molar-refractivity contribution < 1.29 is 28.9 Å². The number of benzene rings is 3. The molecule has 6 rings (SSSR count). The number of phenols is 1. The predicted molar refractivity (Wildman–Crippen MR) is 200 cm³/mol. The molecule has 0 fully saturated rings. The van der Waals surface area contributed by atoms with Crippen LogP contribution in [0.4, 0.5) is 0 Å². The maximum atomic E-state index is 11.4. The molecule has 0 spiro atoms. The van der Waals surface area contributed by atoms with Crippen molar-refractivity contribution in [3.63, 3.8) is 0 Å². The van der Waals surface area contributed by atoms with Crippen LogP contribution >= 0.6 is 23.2 Å². The minimum absolute atomic E-state index is 0. The maximum Gasteiger partial charge on any atom is 0.305 e. The second-order valence-electron chi connectivity index (χ2n) is 11.5. The van der Waals surface area contributed by atoms with Crippen molar-refractivity contribution in [2.24, 2.45) is 0 Å². The Morgan fingerprint density at radius 1 is 0.816 bits per heavy atom. The van der Waals surface area contributed by atoms with Crippen molar-refractivity contribution in [1.29, 1.82) is 0 Å². The number of carbonyl (C=O) groups is 2. The number of carbonyl (C=O) groups excluding carboxylic acids is 2. The number of aromatic nitrogens is 2. The average Bonchev–Trinajstić information content (AvgIpc) is 3.80. The number of allylic oxidation sites excluding steroid dienone is 2. The highest BCUT2D eigenvalue weighted by molar-refractivity contribution is 6.37. The number of ether oxygens (including phenoxy) is 3. The molecule has 2 aromatic heterocycles. The molecule has 0 atom stereocenters. The fraction of sp³-hybridized carbons (Fsp3) is 0.333. The Balaban J connectivity index is 0.000000293. The number of esters is 2. The molecular formula is C39H46Cl2N2O6. The van der Waals surface area contributed by atoms with Crippen molar-refractivity contribution in [3.8, 4) is 11.5 Å². The van der Waals surface area contributed by atoms with Crippen LogP contribution in [0.15, 0.2) is 60.7 Å². The highest BCUT2D eigenvalue weighted by Crippen LogP contribution is 2.33. The summed E-state index contributed by atoms with van der Waals surface area (Å²) in [5, 5.41) is 12.2. The number of phenolic OH excluding ortho intramolecular Hbond substituents is 1. The van der Waals surface area contributed by atoms with E-state index in [0.717, 1.165) is 44.5 Å². The fourth-order valence-electron chi connectivity index (χ4n) is 5.75. The van der Waals surface area contributed by atoms with Gasteiger partial charge in [-0.25, -0.2) is 0 Å². The third-order valence-corrected chi connectivity index (χ3v) is 9.13. The van der Waals surface area contributed by atoms with Crippen LogP contribution in [-0.4, -0.2) is 41.2 Å². The average molecular weight is 710 g/mol. The highest BCUT2D eigenvalue weighted by atomic mass is 35.5. The molecule has 0 unspecified atom stereocenters. The van der Waals surface area contributed by atoms with Crippen molar-refractivity contribution in [1.82, 2.24) is 9.97 Å². The van der Waals surface area contributed by atoms with E-state index < -0.39 is 0 Å². The second kappa shape index (κ2) is 17.8. The van der Waals surface area contributed by atoms with E-state index in [2.05, 4.69) is 45.9 Å². The summed E-state index contributed by atoms with van der Waals surface area (Å²) in [6.07, 6.45) is 7.54. The monoisotopic (exact) mass is 708 g/mol. The molecule has 1 aliphatic rings. The topological polar surface area (TPSA) is 114 Å². The van der Waals surface area contributed by atoms with Crippen LogP contribution in [0.5, 0.6) is 11.5 Å². The Morgan fingerprint density at radius 2 is 1.41 bits per heavy atom. The number of aryl methyl sites for hydroxylation is 3. The largest absolute Gasteiger partial charge is 0.508 e. The van der Waals surface area contributed by atoms with Gasteiger partial charge in [0.1, 0.15) is 18.1 Å². The summed E-state index contributed by atoms with van der Waals surface area (Å²) in [5.74, 6) is 0.405. The molecule has 3 N–H and O–H groups in total. The zero-order valence-electron chi connectivity index (χ0n) is 26.7. The number of rotatable bonds is 10. The lowest BCUT2D eigenvalue weighted by Crippen LogP contribution is -2.02. The minimum Gasteiger partial charge on any atom is -0.508 e. The van der Waals surface area contributed by atoms with Gasteiger partial charge in [-0.05, 0) is 97.7 Å². The summed E-state index contributed by atoms with van der Waals surface area (Å²) >= 11 is 12.7. The SMILES string of the molecule is C.C.COC(=O)CCc1[nH]c2ccc(O)cc2c1Cl.COC(=O)CCc1[nH]c2ccc(OCc3ccc(C4=CCCC4)c(C)c3)cc2c1Cl. The van der Waals surface area contributed by atoms with E-state index in [-0.39, 0.29) is 39.0 Å². The van der Waals surface area contributed by atoms with Gasteiger partial charge in [-0.2, -0.15) is 0 Å². The summed E-state index contributed by atoms with van der Waals surface area (Å²) < 4.78 is 15.3. The number of aromatic hydroxyl groups is 1. The number of aromatic amines is 2. The molecule has 0 bridgehead atoms. The van der Waals surface area contributed by atoms with E-state index in [1.54, 1.807) is 18.2 Å². The lowest BCUT2D eigenvalue weighted by molar-refractivity contribution is -0.141. The van der Waals surface area contributed by atoms with Gasteiger partial charge >= 0.3 is 11.9 Å². The summed E-state index contributed by atoms with van der Waals surface area (Å²) in [6, 6.07) is 17.3. The smallest absolute Gasteiger partial charge is 0.305 e. The number of hydrogen-bond donors (Lipinski definition) is 3. The first-order valence-corrected chi connectivity index (χ1v) is 16.3. The molecule has 8 nitrogen and oxygen atoms in total. The van der Waals surface area contributed by atoms with Crippen LogP contribution in [0.1, 0.15) is 75.0 Å². The van der Waals surface area contributed by atoms with Crippen LogP contribution in [0.25, 0.3) is 27.4 Å². The van der Waals surface area contributed by atoms with Crippen LogP contribution < -0.4 is 4.74 Å². The fourth-order valence-corrected chi connectivity index (χ4v) is 6.34. The predicted octanol–water partition coefficient (Wildman–Crippen LogP) is 10.3. The van der Waals surface area contributed by atoms with Gasteiger partial charge in [0.05, 0.1) is 37.1 Å². The lowest BCUT2D eigenvalue weighted by atomic mass is 9.98. The van der Waals surface area contributed by atoms with Crippen LogP contribution in [0.2, 0.25) is 10.0 Å². The van der Waals surface area contributed by atoms with Gasteiger partial charge in [-0.15, -0.1) is 0 Å². The first kappa shape index (κ1) is 39.0. The molecule has 10 heteroatoms. The standard InChI is InChI=1S/C25H26ClNO3.C12H12ClNO3.2CH4/c1-16-13-17(7-9-20(16)18-5-3-4-6-18)15-30-19-8-10-22-21(14-19)25(26)23(27-22)11-12-24(28)29-2;1-17-11(16)5-4-10-12(13)8-6-7(15)2-3-9(8)14-10;;/h5,7-10,13-14,27H,3-4,6,11-12,15H2,1-2H3;2-3,6,14-15H,4-5H2,1H3;2*1H4. The van der Waals surface area contributed by atoms with Crippen molar-refractivity contribution in [2.75, 3.05) is 14.2 Å². The van der Waals surface area contributed by atoms with E-state index in [0.29, 0.717) is 35.9 Å². The summed E-state index contributed by atoms with van der Waals surface area (Å²) in [6.45, 7) is 2.67. The van der Waals surface area contributed by atoms with E-state index in [1.165, 1.54) is 50.2 Å². The second-order valence-corrected chi connectivity index (χ2v) is 12.2. The highest BCUT2D eigenvalue weighted by Gasteiger charge is 2.14. The lowest BCUT2D eigenvalue weighted by Gasteiger charge is -2.11. The number of halogens is 2. The Labute approximate surface area is 298 Å². The molecule has 2 heterocycles. The number of methoxy groups -OCH3 is 2. The molecule has 49 heavy (non-hydrogen) atoms. The van der Waals surface area contributed by atoms with Gasteiger partial charge in [-0.1, -0.05) is 62.3 Å². The molecule has 0 amide bonds. The van der Waals surface area contributed by atoms with E-state index in [1.807, 2.05) is 18.2 Å². The number of hydrogen-bond acceptors (Lipinski definition) is 6. The molecular weight excluding hydrogens is 663 g/mol. The minimum atomic E-state index is -0.275. The number of fused-ring (bicyclic) bond motifs is 2. The van der Waals surface area contributed by atoms with Gasteiger partial charge in [0.2, 0.25) is 0 Å². The molecule has 1 aliphatic carbocycles. The summed E-state index contributed by atoms with van der Waals surface area (Å²) in [4.78, 5) is 28.9. The quantitative estimate of drug-likeness (QED) is 0.124. The third-order valence-electron chi connectivity index (χ3n) is 8.26. The normalized spacial score (nSPS) is 12.0. The first-order chi connectivity index (χ1) is 22.7. The van der Waals surface area contributed by atoms with E-state index >= 15 is 0 Å². The van der Waals surface area contributed by atoms with Crippen LogP contribution in [0, 0.1) is 6.92 Å². The number of nitrogens with one attached hydrogen (secondary N) is 2. The molecule has 0 radical (unpaired) electrons. The zero-order chi connectivity index (χ0) is 33.5. The number of H-pyrrole nitrogens is 2. The molecule has 5 aromatic rings. The van der Waals surface area contributed by atoms with Crippen molar-refractivity contribution in [2.45, 2.75) is 73.3 Å². The Bertz CT molecular complexity index is 1940. The van der Waals surface area contributed by atoms with Crippen molar-refractivity contribution >= 4 is 62.5 Å². The van der Waals surface area contributed by atoms with Gasteiger partial charge < -0.3 is 29.3 Å². The van der Waals surface area contributed by atoms with Gasteiger partial charge in [0.25, 0.3) is 0 Å². The van der Waals surface area contributed by atoms with Crippen LogP contribution in [-0.2, 0) is 38.5 Å². The molecule has 0 aliphatic heterocycles. The molecule has 262 valence electrons. The Morgan fingerprint density at radius 3 is 1.96 bits per heavy atom. The van der Waals surface area contributed by atoms with Crippen LogP contribution in [0.3, 0.4) is 0 Å². The van der Waals surface area contributed by atoms with E-state index in [4.69, 9.17) is 32.7 Å². The third kappa shape index (κ3) is 9.61. The van der Waals surface area contributed by atoms with E-state index in [9.17, 15) is 14.7 Å². The summed E-state index contributed by atoms with van der Waals surface area (Å²) in [5.41, 5.74) is 8.65. The Hall–Kier alpha value is -4.40. The zero-order valence-corrected chi connectivity index (χ0v) is 28.2. The van der Waals surface area contributed by atoms with Gasteiger partial charge in [-0.3, -0.25) is 9.59 Å². The summed E-state index contributed by atoms with van der Waals surface area (Å²) in [7, 11) is 2.74. The molecule has 0 saturated heterocycles. The first-order valence-electron chi connectivity index (χ1n) is 15.5. The Kier molecular flexibility index (Phi) is 14.2. The van der Waals surface area contributed by atoms with Crippen molar-refractivity contribution in [3.05, 3.63) is 98.8 Å².